The first kappa shape index (κ1) is 20.6. The number of β-lactam (4-membered cyclic amide) rings is 1. The number of likely N-dealkylation sites (tertiary alicyclic amines) is 1. The molecule has 6 heteroatoms. The van der Waals surface area contributed by atoms with Gasteiger partial charge in [-0.1, -0.05) is 42.5 Å². The number of carbonyl (C=O) groups is 2. The molecule has 1 fully saturated rings. The predicted molar refractivity (Wildman–Crippen MR) is 113 cm³/mol. The van der Waals surface area contributed by atoms with Crippen molar-refractivity contribution < 1.29 is 23.5 Å². The number of nitrogens with zero attached hydrogens (tertiary/aromatic N) is 1. The van der Waals surface area contributed by atoms with Crippen molar-refractivity contribution >= 4 is 11.9 Å². The molecule has 0 saturated carbocycles. The largest absolute Gasteiger partial charge is 0.478 e. The second-order valence-electron chi connectivity index (χ2n) is 7.45. The maximum atomic E-state index is 13.3. The van der Waals surface area contributed by atoms with Crippen LogP contribution in [-0.4, -0.2) is 30.0 Å². The second-order valence-corrected chi connectivity index (χ2v) is 7.45. The van der Waals surface area contributed by atoms with E-state index in [1.807, 2.05) is 31.2 Å². The summed E-state index contributed by atoms with van der Waals surface area (Å²) in [5.41, 5.74) is 3.03. The summed E-state index contributed by atoms with van der Waals surface area (Å²) < 4.78 is 24.1. The van der Waals surface area contributed by atoms with E-state index in [-0.39, 0.29) is 17.8 Å². The van der Waals surface area contributed by atoms with Crippen LogP contribution in [0.4, 0.5) is 4.39 Å². The molecule has 1 heterocycles. The Morgan fingerprint density at radius 2 is 1.68 bits per heavy atom. The summed E-state index contributed by atoms with van der Waals surface area (Å²) in [6.07, 6.45) is -0.689. The molecule has 158 valence electrons. The molecule has 3 aromatic carbocycles. The van der Waals surface area contributed by atoms with Crippen LogP contribution in [0.15, 0.2) is 72.8 Å². The van der Waals surface area contributed by atoms with Crippen LogP contribution < -0.4 is 4.74 Å². The molecule has 0 aromatic heterocycles. The smallest absolute Gasteiger partial charge is 0.337 e. The lowest BCUT2D eigenvalue weighted by Crippen LogP contribution is -2.60. The third-order valence-corrected chi connectivity index (χ3v) is 5.44. The Morgan fingerprint density at radius 1 is 1.00 bits per heavy atom. The molecule has 31 heavy (non-hydrogen) atoms. The number of hydrogen-bond acceptors (Lipinski definition) is 4. The van der Waals surface area contributed by atoms with Gasteiger partial charge in [-0.05, 0) is 53.9 Å². The first-order valence-electron chi connectivity index (χ1n) is 9.93. The minimum atomic E-state index is -0.689. The van der Waals surface area contributed by atoms with E-state index in [0.29, 0.717) is 17.9 Å². The van der Waals surface area contributed by atoms with Gasteiger partial charge in [-0.25, -0.2) is 9.18 Å². The Labute approximate surface area is 180 Å². The number of aryl methyl sites for hydroxylation is 1. The number of hydrogen-bond donors (Lipinski definition) is 0. The van der Waals surface area contributed by atoms with Crippen LogP contribution in [0, 0.1) is 12.7 Å². The molecule has 2 atom stereocenters. The molecule has 0 aliphatic carbocycles. The van der Waals surface area contributed by atoms with Crippen molar-refractivity contribution in [3.63, 3.8) is 0 Å². The summed E-state index contributed by atoms with van der Waals surface area (Å²) in [6.45, 7) is 2.26. The Morgan fingerprint density at radius 3 is 2.32 bits per heavy atom. The van der Waals surface area contributed by atoms with Gasteiger partial charge in [0.05, 0.1) is 12.7 Å². The van der Waals surface area contributed by atoms with Gasteiger partial charge in [0.1, 0.15) is 17.6 Å². The van der Waals surface area contributed by atoms with Gasteiger partial charge in [0, 0.05) is 6.54 Å². The first-order valence-corrected chi connectivity index (χ1v) is 9.93. The van der Waals surface area contributed by atoms with Gasteiger partial charge in [-0.15, -0.1) is 0 Å². The van der Waals surface area contributed by atoms with E-state index in [1.165, 1.54) is 19.2 Å². The third kappa shape index (κ3) is 4.14. The monoisotopic (exact) mass is 419 g/mol. The summed E-state index contributed by atoms with van der Waals surface area (Å²) in [5, 5.41) is 0. The van der Waals surface area contributed by atoms with E-state index >= 15 is 0 Å². The summed E-state index contributed by atoms with van der Waals surface area (Å²) in [4.78, 5) is 26.5. The number of carbonyl (C=O) groups excluding carboxylic acids is 2. The molecular weight excluding hydrogens is 397 g/mol. The van der Waals surface area contributed by atoms with E-state index in [4.69, 9.17) is 9.47 Å². The minimum Gasteiger partial charge on any atom is -0.478 e. The molecule has 4 rings (SSSR count). The zero-order valence-corrected chi connectivity index (χ0v) is 17.2. The van der Waals surface area contributed by atoms with Gasteiger partial charge in [0.15, 0.2) is 0 Å². The summed E-state index contributed by atoms with van der Waals surface area (Å²) >= 11 is 0. The quantitative estimate of drug-likeness (QED) is 0.438. The number of rotatable bonds is 6. The van der Waals surface area contributed by atoms with Gasteiger partial charge in [-0.2, -0.15) is 0 Å². The van der Waals surface area contributed by atoms with Crippen molar-refractivity contribution in [3.05, 3.63) is 101 Å². The Bertz CT molecular complexity index is 1100. The summed E-state index contributed by atoms with van der Waals surface area (Å²) in [6, 6.07) is 20.2. The van der Waals surface area contributed by atoms with Gasteiger partial charge >= 0.3 is 5.97 Å². The lowest BCUT2D eigenvalue weighted by molar-refractivity contribution is -0.165. The van der Waals surface area contributed by atoms with Crippen LogP contribution >= 0.6 is 0 Å². The first-order chi connectivity index (χ1) is 15.0. The zero-order chi connectivity index (χ0) is 22.0. The number of amides is 1. The molecule has 0 N–H and O–H groups in total. The van der Waals surface area contributed by atoms with E-state index in [1.54, 1.807) is 41.3 Å². The van der Waals surface area contributed by atoms with Crippen LogP contribution in [-0.2, 0) is 16.1 Å². The number of benzene rings is 3. The molecule has 0 radical (unpaired) electrons. The fraction of sp³-hybridized carbons (Fsp3) is 0.200. The fourth-order valence-electron chi connectivity index (χ4n) is 3.71. The van der Waals surface area contributed by atoms with Crippen LogP contribution in [0.5, 0.6) is 5.75 Å². The second kappa shape index (κ2) is 8.60. The van der Waals surface area contributed by atoms with Crippen molar-refractivity contribution in [1.29, 1.82) is 0 Å². The van der Waals surface area contributed by atoms with Gasteiger partial charge in [0.2, 0.25) is 6.10 Å². The average Bonchev–Trinajstić information content (AvgIpc) is 2.80. The summed E-state index contributed by atoms with van der Waals surface area (Å²) in [7, 11) is 1.33. The van der Waals surface area contributed by atoms with Crippen molar-refractivity contribution in [2.45, 2.75) is 25.6 Å². The molecule has 0 bridgehead atoms. The standard InChI is InChI=1S/C25H22FNO4/c1-16-5-3-4-6-21(16)31-23-22(18-9-11-19(12-10-18)25(29)30-2)27(24(23)28)15-17-7-13-20(26)14-8-17/h3-14,22-23H,15H2,1-2H3/t22-,23+/m0/s1. The molecule has 3 aromatic rings. The van der Waals surface area contributed by atoms with Gasteiger partial charge in [-0.3, -0.25) is 4.79 Å². The highest BCUT2D eigenvalue weighted by molar-refractivity contribution is 5.90. The van der Waals surface area contributed by atoms with Crippen molar-refractivity contribution in [2.24, 2.45) is 0 Å². The number of methoxy groups -OCH3 is 1. The van der Waals surface area contributed by atoms with Crippen LogP contribution in [0.1, 0.15) is 33.1 Å². The van der Waals surface area contributed by atoms with Crippen molar-refractivity contribution in [1.82, 2.24) is 4.90 Å². The topological polar surface area (TPSA) is 55.8 Å². The Balaban J connectivity index is 1.63. The fourth-order valence-corrected chi connectivity index (χ4v) is 3.71. The Kier molecular flexibility index (Phi) is 5.71. The van der Waals surface area contributed by atoms with Gasteiger partial charge in [0.25, 0.3) is 5.91 Å². The number of halogens is 1. The van der Waals surface area contributed by atoms with Crippen LogP contribution in [0.25, 0.3) is 0 Å². The number of esters is 1. The molecule has 0 unspecified atom stereocenters. The number of ether oxygens (including phenoxy) is 2. The minimum absolute atomic E-state index is 0.144. The molecule has 5 nitrogen and oxygen atoms in total. The maximum absolute atomic E-state index is 13.3. The molecule has 1 amide bonds. The lowest BCUT2D eigenvalue weighted by atomic mass is 9.89. The highest BCUT2D eigenvalue weighted by atomic mass is 19.1. The SMILES string of the molecule is COC(=O)c1ccc([C@H]2[C@@H](Oc3ccccc3C)C(=O)N2Cc2ccc(F)cc2)cc1. The van der Waals surface area contributed by atoms with E-state index in [9.17, 15) is 14.0 Å². The van der Waals surface area contributed by atoms with E-state index in [2.05, 4.69) is 0 Å². The molecule has 1 aliphatic heterocycles. The molecule has 0 spiro atoms. The lowest BCUT2D eigenvalue weighted by Gasteiger charge is -2.47. The normalized spacial score (nSPS) is 17.8. The van der Waals surface area contributed by atoms with E-state index < -0.39 is 12.1 Å². The van der Waals surface area contributed by atoms with Gasteiger partial charge < -0.3 is 14.4 Å². The number of para-hydroxylation sites is 1. The highest BCUT2D eigenvalue weighted by Gasteiger charge is 2.50. The molecular formula is C25H22FNO4. The van der Waals surface area contributed by atoms with Crippen molar-refractivity contribution in [2.75, 3.05) is 7.11 Å². The summed E-state index contributed by atoms with van der Waals surface area (Å²) in [5.74, 6) is -0.241. The predicted octanol–water partition coefficient (Wildman–Crippen LogP) is 4.45. The average molecular weight is 419 g/mol. The molecule has 1 aliphatic rings. The maximum Gasteiger partial charge on any atom is 0.337 e. The zero-order valence-electron chi connectivity index (χ0n) is 17.2. The van der Waals surface area contributed by atoms with Crippen LogP contribution in [0.3, 0.4) is 0 Å². The highest BCUT2D eigenvalue weighted by Crippen LogP contribution is 2.39. The van der Waals surface area contributed by atoms with E-state index in [0.717, 1.165) is 16.7 Å². The van der Waals surface area contributed by atoms with Crippen LogP contribution in [0.2, 0.25) is 0 Å². The Hall–Kier alpha value is -3.67. The molecule has 1 saturated heterocycles. The van der Waals surface area contributed by atoms with Crippen molar-refractivity contribution in [3.8, 4) is 5.75 Å². The third-order valence-electron chi connectivity index (χ3n) is 5.44.